The summed E-state index contributed by atoms with van der Waals surface area (Å²) in [4.78, 5) is 3.05. The molecule has 0 aliphatic heterocycles. The van der Waals surface area contributed by atoms with Crippen LogP contribution in [-0.2, 0) is 6.18 Å². The molecule has 21 heavy (non-hydrogen) atoms. The summed E-state index contributed by atoms with van der Waals surface area (Å²) in [7, 11) is 0. The number of hydrogen-bond donors (Lipinski definition) is 0. The third kappa shape index (κ3) is 2.16. The van der Waals surface area contributed by atoms with Crippen molar-refractivity contribution in [2.45, 2.75) is 23.9 Å². The highest BCUT2D eigenvalue weighted by molar-refractivity contribution is 5.74. The van der Waals surface area contributed by atoms with Crippen molar-refractivity contribution < 1.29 is 39.5 Å². The van der Waals surface area contributed by atoms with Gasteiger partial charge in [0.15, 0.2) is 0 Å². The fraction of sp³-hybridized carbons (Fsp3) is 0.364. The monoisotopic (exact) mass is 321 g/mol. The predicted octanol–water partition coefficient (Wildman–Crippen LogP) is 4.40. The number of aromatic nitrogens is 1. The lowest BCUT2D eigenvalue weighted by Crippen LogP contribution is -2.48. The van der Waals surface area contributed by atoms with Crippen LogP contribution in [0.3, 0.4) is 0 Å². The van der Waals surface area contributed by atoms with Crippen LogP contribution in [0.1, 0.15) is 11.3 Å². The average molecular weight is 321 g/mol. The fourth-order valence-corrected chi connectivity index (χ4v) is 1.73. The van der Waals surface area contributed by atoms with Gasteiger partial charge in [-0.25, -0.2) is 0 Å². The highest BCUT2D eigenvalue weighted by Gasteiger charge is 2.77. The van der Waals surface area contributed by atoms with Crippen molar-refractivity contribution in [2.75, 3.05) is 0 Å². The van der Waals surface area contributed by atoms with Crippen molar-refractivity contribution in [3.63, 3.8) is 0 Å². The van der Waals surface area contributed by atoms with Crippen molar-refractivity contribution in [1.82, 2.24) is 4.98 Å². The molecule has 0 saturated carbocycles. The summed E-state index contributed by atoms with van der Waals surface area (Å²) in [6, 6.07) is 0.407. The molecule has 0 radical (unpaired) electrons. The third-order valence-corrected chi connectivity index (χ3v) is 2.84. The molecule has 1 aromatic heterocycles. The molecule has 0 amide bonds. The van der Waals surface area contributed by atoms with E-state index in [9.17, 15) is 39.5 Å². The molecule has 0 saturated heterocycles. The van der Waals surface area contributed by atoms with Crippen molar-refractivity contribution >= 4 is 5.57 Å². The highest BCUT2D eigenvalue weighted by Crippen LogP contribution is 2.58. The normalized spacial score (nSPS) is 23.0. The molecule has 10 heteroatoms. The Balaban J connectivity index is 2.58. The van der Waals surface area contributed by atoms with Crippen molar-refractivity contribution in [3.8, 4) is 0 Å². The molecule has 1 nitrogen and oxygen atoms in total. The van der Waals surface area contributed by atoms with E-state index < -0.39 is 46.9 Å². The first-order valence-electron chi connectivity index (χ1n) is 5.21. The lowest BCUT2D eigenvalue weighted by Gasteiger charge is -2.25. The van der Waals surface area contributed by atoms with Crippen molar-refractivity contribution in [1.29, 1.82) is 0 Å². The number of halogens is 9. The van der Waals surface area contributed by atoms with Crippen molar-refractivity contribution in [3.05, 3.63) is 35.7 Å². The Bertz CT molecular complexity index is 600. The number of pyridine rings is 1. The molecule has 1 aromatic rings. The summed E-state index contributed by atoms with van der Waals surface area (Å²) in [6.45, 7) is 0. The van der Waals surface area contributed by atoms with Crippen LogP contribution < -0.4 is 0 Å². The maximum atomic E-state index is 13.4. The maximum Gasteiger partial charge on any atom is 0.416 e. The molecule has 1 aliphatic carbocycles. The van der Waals surface area contributed by atoms with Gasteiger partial charge < -0.3 is 0 Å². The third-order valence-electron chi connectivity index (χ3n) is 2.84. The SMILES string of the molecule is FC(F)(F)c1ccnc(C2=CC(F)(F)C(F)(F)C2(F)F)c1. The first-order valence-corrected chi connectivity index (χ1v) is 5.21. The maximum absolute atomic E-state index is 13.4. The van der Waals surface area contributed by atoms with E-state index in [-0.39, 0.29) is 6.07 Å². The minimum Gasteiger partial charge on any atom is -0.256 e. The second-order valence-corrected chi connectivity index (χ2v) is 4.26. The van der Waals surface area contributed by atoms with Crippen LogP contribution >= 0.6 is 0 Å². The van der Waals surface area contributed by atoms with Gasteiger partial charge in [-0.15, -0.1) is 0 Å². The summed E-state index contributed by atoms with van der Waals surface area (Å²) in [5.41, 5.74) is -4.70. The number of allylic oxidation sites excluding steroid dienone is 2. The second kappa shape index (κ2) is 4.14. The van der Waals surface area contributed by atoms with Gasteiger partial charge in [0.1, 0.15) is 0 Å². The van der Waals surface area contributed by atoms with Crippen LogP contribution in [0, 0.1) is 0 Å². The van der Waals surface area contributed by atoms with Gasteiger partial charge in [-0.05, 0) is 12.1 Å². The highest BCUT2D eigenvalue weighted by atomic mass is 19.4. The second-order valence-electron chi connectivity index (χ2n) is 4.26. The van der Waals surface area contributed by atoms with E-state index in [2.05, 4.69) is 4.98 Å². The zero-order valence-corrected chi connectivity index (χ0v) is 9.66. The Morgan fingerprint density at radius 2 is 1.52 bits per heavy atom. The first kappa shape index (κ1) is 15.6. The first-order chi connectivity index (χ1) is 9.31. The summed E-state index contributed by atoms with van der Waals surface area (Å²) in [6.07, 6.45) is -5.30. The van der Waals surface area contributed by atoms with Gasteiger partial charge in [-0.1, -0.05) is 0 Å². The molecule has 2 rings (SSSR count). The molecule has 0 unspecified atom stereocenters. The smallest absolute Gasteiger partial charge is 0.256 e. The number of hydrogen-bond acceptors (Lipinski definition) is 1. The Morgan fingerprint density at radius 1 is 0.952 bits per heavy atom. The van der Waals surface area contributed by atoms with Crippen molar-refractivity contribution in [2.24, 2.45) is 0 Å². The van der Waals surface area contributed by atoms with E-state index in [0.717, 1.165) is 0 Å². The quantitative estimate of drug-likeness (QED) is 0.699. The van der Waals surface area contributed by atoms with E-state index in [1.807, 2.05) is 0 Å². The van der Waals surface area contributed by atoms with Crippen LogP contribution in [0.25, 0.3) is 5.57 Å². The topological polar surface area (TPSA) is 12.9 Å². The predicted molar refractivity (Wildman–Crippen MR) is 52.1 cm³/mol. The Labute approximate surface area is 111 Å². The molecule has 0 N–H and O–H groups in total. The van der Waals surface area contributed by atoms with Crippen LogP contribution in [0.15, 0.2) is 24.4 Å². The zero-order chi connectivity index (χ0) is 16.3. The summed E-state index contributed by atoms with van der Waals surface area (Å²) in [5, 5.41) is 0. The van der Waals surface area contributed by atoms with Gasteiger partial charge in [0, 0.05) is 12.3 Å². The Morgan fingerprint density at radius 3 is 1.95 bits per heavy atom. The number of alkyl halides is 9. The molecule has 1 aliphatic rings. The Kier molecular flexibility index (Phi) is 3.08. The number of nitrogens with zero attached hydrogens (tertiary/aromatic N) is 1. The molecular weight excluding hydrogens is 317 g/mol. The summed E-state index contributed by atoms with van der Waals surface area (Å²) >= 11 is 0. The van der Waals surface area contributed by atoms with Gasteiger partial charge >= 0.3 is 23.9 Å². The van der Waals surface area contributed by atoms with E-state index >= 15 is 0 Å². The van der Waals surface area contributed by atoms with E-state index in [4.69, 9.17) is 0 Å². The van der Waals surface area contributed by atoms with E-state index in [0.29, 0.717) is 12.3 Å². The molecule has 1 heterocycles. The van der Waals surface area contributed by atoms with Gasteiger partial charge in [0.05, 0.1) is 16.8 Å². The summed E-state index contributed by atoms with van der Waals surface area (Å²) in [5.74, 6) is -16.3. The van der Waals surface area contributed by atoms with Gasteiger partial charge in [0.25, 0.3) is 0 Å². The standard InChI is InChI=1S/C11H4F9N/c12-8(13)4-6(9(14,15)11(8,19)20)7-3-5(1-2-21-7)10(16,17)18/h1-4H. The molecule has 116 valence electrons. The van der Waals surface area contributed by atoms with Gasteiger partial charge in [0.2, 0.25) is 0 Å². The lowest BCUT2D eigenvalue weighted by molar-refractivity contribution is -0.257. The van der Waals surface area contributed by atoms with E-state index in [1.165, 1.54) is 0 Å². The van der Waals surface area contributed by atoms with Crippen LogP contribution in [0.5, 0.6) is 0 Å². The van der Waals surface area contributed by atoms with E-state index in [1.54, 1.807) is 0 Å². The summed E-state index contributed by atoms with van der Waals surface area (Å²) < 4.78 is 116. The van der Waals surface area contributed by atoms with Crippen LogP contribution in [-0.4, -0.2) is 22.8 Å². The average Bonchev–Trinajstić information content (AvgIpc) is 2.46. The lowest BCUT2D eigenvalue weighted by atomic mass is 10.0. The minimum atomic E-state index is -5.74. The van der Waals surface area contributed by atoms with Gasteiger partial charge in [-0.2, -0.15) is 39.5 Å². The number of rotatable bonds is 1. The molecule has 0 atom stereocenters. The fourth-order valence-electron chi connectivity index (χ4n) is 1.73. The molecule has 0 bridgehead atoms. The molecule has 0 fully saturated rings. The molecule has 0 aromatic carbocycles. The van der Waals surface area contributed by atoms with Crippen LogP contribution in [0.4, 0.5) is 39.5 Å². The minimum absolute atomic E-state index is 0.0111. The van der Waals surface area contributed by atoms with Crippen LogP contribution in [0.2, 0.25) is 0 Å². The molecular formula is C11H4F9N. The largest absolute Gasteiger partial charge is 0.416 e. The van der Waals surface area contributed by atoms with Gasteiger partial charge in [-0.3, -0.25) is 4.98 Å². The molecule has 0 spiro atoms. The zero-order valence-electron chi connectivity index (χ0n) is 9.66. The Hall–Kier alpha value is -1.74.